The van der Waals surface area contributed by atoms with E-state index in [1.807, 2.05) is 30.3 Å². The minimum absolute atomic E-state index is 0.190. The van der Waals surface area contributed by atoms with Gasteiger partial charge in [-0.3, -0.25) is 9.36 Å². The summed E-state index contributed by atoms with van der Waals surface area (Å²) in [5.41, 5.74) is 2.99. The second-order valence-corrected chi connectivity index (χ2v) is 10.4. The van der Waals surface area contributed by atoms with Gasteiger partial charge < -0.3 is 19.3 Å². The topological polar surface area (TPSA) is 116 Å². The Kier molecular flexibility index (Phi) is 8.35. The normalized spacial score (nSPS) is 14.6. The molecule has 1 atom stereocenters. The number of carboxylic acids is 1. The minimum Gasteiger partial charge on any atom is -0.496 e. The van der Waals surface area contributed by atoms with Crippen LogP contribution in [0.25, 0.3) is 6.08 Å². The number of carboxylic acid groups (broad SMARTS) is 1. The number of methoxy groups -OCH3 is 1. The van der Waals surface area contributed by atoms with Gasteiger partial charge in [-0.1, -0.05) is 53.8 Å². The highest BCUT2D eigenvalue weighted by Crippen LogP contribution is 2.35. The lowest BCUT2D eigenvalue weighted by Crippen LogP contribution is -2.40. The Labute approximate surface area is 245 Å². The number of allylic oxidation sites excluding steroid dienone is 1. The van der Waals surface area contributed by atoms with Crippen LogP contribution in [-0.2, 0) is 16.1 Å². The molecule has 3 aromatic carbocycles. The van der Waals surface area contributed by atoms with E-state index in [0.29, 0.717) is 37.7 Å². The molecule has 1 aliphatic rings. The number of aromatic nitrogens is 1. The van der Waals surface area contributed by atoms with Crippen molar-refractivity contribution in [2.24, 2.45) is 4.99 Å². The van der Waals surface area contributed by atoms with Gasteiger partial charge in [0.15, 0.2) is 4.80 Å². The number of para-hydroxylation sites is 1. The summed E-state index contributed by atoms with van der Waals surface area (Å²) >= 11 is 1.24. The fraction of sp³-hybridized carbons (Fsp3) is 0.188. The van der Waals surface area contributed by atoms with Gasteiger partial charge in [-0.25, -0.2) is 14.6 Å². The highest BCUT2D eigenvalue weighted by atomic mass is 32.1. The van der Waals surface area contributed by atoms with Gasteiger partial charge in [0.05, 0.1) is 35.1 Å². The lowest BCUT2D eigenvalue weighted by molar-refractivity contribution is -0.139. The van der Waals surface area contributed by atoms with Gasteiger partial charge in [0.1, 0.15) is 24.1 Å². The molecular weight excluding hydrogens is 556 g/mol. The summed E-state index contributed by atoms with van der Waals surface area (Å²) < 4.78 is 18.8. The number of benzene rings is 3. The number of esters is 1. The fourth-order valence-corrected chi connectivity index (χ4v) is 5.75. The molecule has 5 rings (SSSR count). The number of thiazole rings is 1. The van der Waals surface area contributed by atoms with Crippen LogP contribution in [0.1, 0.15) is 46.9 Å². The van der Waals surface area contributed by atoms with E-state index in [1.165, 1.54) is 28.0 Å². The Morgan fingerprint density at radius 3 is 2.43 bits per heavy atom. The molecule has 0 saturated heterocycles. The van der Waals surface area contributed by atoms with Crippen LogP contribution < -0.4 is 24.4 Å². The highest BCUT2D eigenvalue weighted by molar-refractivity contribution is 7.07. The standard InChI is InChI=1S/C32H28N2O7S/c1-4-40-31(38)27-19(2)33-32-34(28(27)24-7-5-6-8-25(24)39-3)29(35)26(42-32)17-20-11-15-23(16-12-20)41-18-21-9-13-22(14-10-21)30(36)37/h5-17,28H,4,18H2,1-3H3,(H,36,37)/b26-17+/t28-/m0/s1. The number of fused-ring (bicyclic) bond motifs is 1. The third kappa shape index (κ3) is 5.75. The minimum atomic E-state index is -0.977. The van der Waals surface area contributed by atoms with E-state index in [0.717, 1.165) is 11.1 Å². The smallest absolute Gasteiger partial charge is 0.338 e. The molecule has 0 bridgehead atoms. The third-order valence-corrected chi connectivity index (χ3v) is 7.72. The van der Waals surface area contributed by atoms with E-state index in [-0.39, 0.29) is 24.3 Å². The quantitative estimate of drug-likeness (QED) is 0.295. The molecule has 9 nitrogen and oxygen atoms in total. The van der Waals surface area contributed by atoms with Crippen LogP contribution in [0.4, 0.5) is 0 Å². The third-order valence-electron chi connectivity index (χ3n) is 6.73. The van der Waals surface area contributed by atoms with Gasteiger partial charge in [0, 0.05) is 5.56 Å². The molecule has 0 amide bonds. The average Bonchev–Trinajstić information content (AvgIpc) is 3.30. The van der Waals surface area contributed by atoms with Crippen LogP contribution in [0.3, 0.4) is 0 Å². The van der Waals surface area contributed by atoms with E-state index in [1.54, 1.807) is 57.4 Å². The van der Waals surface area contributed by atoms with E-state index in [9.17, 15) is 14.4 Å². The van der Waals surface area contributed by atoms with Gasteiger partial charge in [-0.15, -0.1) is 0 Å². The van der Waals surface area contributed by atoms with Gasteiger partial charge in [0.2, 0.25) is 0 Å². The first-order valence-electron chi connectivity index (χ1n) is 13.2. The van der Waals surface area contributed by atoms with Gasteiger partial charge in [-0.05, 0) is 61.4 Å². The second kappa shape index (κ2) is 12.3. The SMILES string of the molecule is CCOC(=O)C1=C(C)N=c2s/c(=C/c3ccc(OCc4ccc(C(=O)O)cc4)cc3)c(=O)n2[C@H]1c1ccccc1OC. The van der Waals surface area contributed by atoms with Crippen molar-refractivity contribution < 1.29 is 28.9 Å². The average molecular weight is 585 g/mol. The summed E-state index contributed by atoms with van der Waals surface area (Å²) in [7, 11) is 1.55. The summed E-state index contributed by atoms with van der Waals surface area (Å²) in [6.07, 6.45) is 1.78. The van der Waals surface area contributed by atoms with Crippen LogP contribution in [0.2, 0.25) is 0 Å². The van der Waals surface area contributed by atoms with Crippen molar-refractivity contribution in [3.8, 4) is 11.5 Å². The molecule has 42 heavy (non-hydrogen) atoms. The lowest BCUT2D eigenvalue weighted by Gasteiger charge is -2.25. The first kappa shape index (κ1) is 28.6. The Bertz CT molecular complexity index is 1850. The van der Waals surface area contributed by atoms with Crippen LogP contribution in [0.15, 0.2) is 93.9 Å². The molecule has 0 saturated carbocycles. The number of carbonyl (C=O) groups is 2. The van der Waals surface area contributed by atoms with E-state index < -0.39 is 18.0 Å². The number of hydrogen-bond acceptors (Lipinski definition) is 8. The Morgan fingerprint density at radius 2 is 1.76 bits per heavy atom. The molecule has 1 N–H and O–H groups in total. The highest BCUT2D eigenvalue weighted by Gasteiger charge is 2.34. The van der Waals surface area contributed by atoms with Gasteiger partial charge in [-0.2, -0.15) is 0 Å². The molecule has 2 heterocycles. The summed E-state index contributed by atoms with van der Waals surface area (Å²) in [5.74, 6) is -0.337. The maximum absolute atomic E-state index is 13.8. The van der Waals surface area contributed by atoms with Crippen LogP contribution in [0, 0.1) is 0 Å². The lowest BCUT2D eigenvalue weighted by atomic mass is 9.95. The summed E-state index contributed by atoms with van der Waals surface area (Å²) in [6, 6.07) is 20.3. The van der Waals surface area contributed by atoms with Crippen molar-refractivity contribution in [3.05, 3.63) is 126 Å². The molecular formula is C32H28N2O7S. The van der Waals surface area contributed by atoms with Crippen molar-refractivity contribution >= 4 is 29.4 Å². The predicted molar refractivity (Wildman–Crippen MR) is 158 cm³/mol. The summed E-state index contributed by atoms with van der Waals surface area (Å²) in [5, 5.41) is 9.05. The fourth-order valence-electron chi connectivity index (χ4n) is 4.70. The zero-order valence-corrected chi connectivity index (χ0v) is 24.0. The largest absolute Gasteiger partial charge is 0.496 e. The van der Waals surface area contributed by atoms with Crippen molar-refractivity contribution in [2.75, 3.05) is 13.7 Å². The number of carbonyl (C=O) groups excluding carboxylic acids is 1. The maximum atomic E-state index is 13.8. The summed E-state index contributed by atoms with van der Waals surface area (Å²) in [4.78, 5) is 43.0. The predicted octanol–water partition coefficient (Wildman–Crippen LogP) is 4.08. The molecule has 4 aromatic rings. The number of aromatic carboxylic acids is 1. The first-order valence-corrected chi connectivity index (χ1v) is 14.0. The number of ether oxygens (including phenoxy) is 3. The van der Waals surface area contributed by atoms with Crippen molar-refractivity contribution in [3.63, 3.8) is 0 Å². The molecule has 0 radical (unpaired) electrons. The summed E-state index contributed by atoms with van der Waals surface area (Å²) in [6.45, 7) is 3.94. The zero-order valence-electron chi connectivity index (χ0n) is 23.2. The molecule has 0 spiro atoms. The molecule has 1 aromatic heterocycles. The molecule has 1 aliphatic heterocycles. The molecule has 0 aliphatic carbocycles. The molecule has 214 valence electrons. The Balaban J connectivity index is 1.47. The maximum Gasteiger partial charge on any atom is 0.338 e. The van der Waals surface area contributed by atoms with Crippen molar-refractivity contribution in [1.29, 1.82) is 0 Å². The molecule has 0 fully saturated rings. The van der Waals surface area contributed by atoms with E-state index >= 15 is 0 Å². The van der Waals surface area contributed by atoms with Gasteiger partial charge >= 0.3 is 11.9 Å². The first-order chi connectivity index (χ1) is 20.3. The molecule has 0 unspecified atom stereocenters. The van der Waals surface area contributed by atoms with E-state index in [4.69, 9.17) is 19.3 Å². The van der Waals surface area contributed by atoms with E-state index in [2.05, 4.69) is 4.99 Å². The number of nitrogens with zero attached hydrogens (tertiary/aromatic N) is 2. The van der Waals surface area contributed by atoms with Crippen LogP contribution in [-0.4, -0.2) is 35.3 Å². The van der Waals surface area contributed by atoms with Crippen molar-refractivity contribution in [2.45, 2.75) is 26.5 Å². The number of rotatable bonds is 9. The second-order valence-electron chi connectivity index (χ2n) is 9.40. The van der Waals surface area contributed by atoms with Crippen LogP contribution >= 0.6 is 11.3 Å². The monoisotopic (exact) mass is 584 g/mol. The Hall–Kier alpha value is -4.96. The number of hydrogen-bond donors (Lipinski definition) is 1. The molecule has 10 heteroatoms. The zero-order chi connectivity index (χ0) is 29.8. The van der Waals surface area contributed by atoms with Crippen molar-refractivity contribution in [1.82, 2.24) is 4.57 Å². The van der Waals surface area contributed by atoms with Crippen LogP contribution in [0.5, 0.6) is 11.5 Å². The Morgan fingerprint density at radius 1 is 1.05 bits per heavy atom. The van der Waals surface area contributed by atoms with Gasteiger partial charge in [0.25, 0.3) is 5.56 Å².